The minimum absolute atomic E-state index is 0.135. The van der Waals surface area contributed by atoms with Crippen LogP contribution in [0.4, 0.5) is 14.9 Å². The molecule has 198 valence electrons. The number of alkyl halides is 1. The molecule has 5 rings (SSSR count). The van der Waals surface area contributed by atoms with Gasteiger partial charge in [-0.1, -0.05) is 43.7 Å². The Morgan fingerprint density at radius 2 is 1.89 bits per heavy atom. The first-order valence-electron chi connectivity index (χ1n) is 12.9. The molecule has 0 radical (unpaired) electrons. The van der Waals surface area contributed by atoms with Gasteiger partial charge < -0.3 is 14.9 Å². The van der Waals surface area contributed by atoms with E-state index in [0.29, 0.717) is 30.5 Å². The zero-order chi connectivity index (χ0) is 26.8. The fourth-order valence-corrected chi connectivity index (χ4v) is 8.33. The van der Waals surface area contributed by atoms with Crippen LogP contribution in [0.2, 0.25) is 0 Å². The quantitative estimate of drug-likeness (QED) is 0.560. The average molecular weight is 512 g/mol. The Bertz CT molecular complexity index is 1200. The number of hydrogen-bond donors (Lipinski definition) is 3. The summed E-state index contributed by atoms with van der Waals surface area (Å²) in [6.07, 6.45) is 3.23. The van der Waals surface area contributed by atoms with Gasteiger partial charge >= 0.3 is 6.09 Å². The highest BCUT2D eigenvalue weighted by molar-refractivity contribution is 6.01. The molecule has 4 aliphatic carbocycles. The Morgan fingerprint density at radius 1 is 1.19 bits per heavy atom. The fraction of sp³-hybridized carbons (Fsp3) is 0.552. The summed E-state index contributed by atoms with van der Waals surface area (Å²) in [5, 5.41) is 24.2. The standard InChI is InChI=1S/C29H34FNO6/c1-17-13-22-21-10-9-18-14-20(33)11-12-26(18,2)28(21,30)23(34)15-27(22,3)29(17,24(35)16-32)37-25(36)31-19-7-5-4-6-8-19/h4-8,11-12,14,17,21-23,32,34H,9-10,13,15-16H2,1-3H3,(H,31,36)/t17-,21-,22-,23-,26-,27-,28-,29-/m0/s1. The molecule has 8 heteroatoms. The van der Waals surface area contributed by atoms with Gasteiger partial charge in [0.25, 0.3) is 0 Å². The lowest BCUT2D eigenvalue weighted by Crippen LogP contribution is -2.70. The number of aliphatic hydroxyl groups excluding tert-OH is 2. The van der Waals surface area contributed by atoms with Crippen LogP contribution in [0.3, 0.4) is 0 Å². The fourth-order valence-electron chi connectivity index (χ4n) is 8.33. The zero-order valence-electron chi connectivity index (χ0n) is 21.4. The Balaban J connectivity index is 1.56. The Morgan fingerprint density at radius 3 is 2.57 bits per heavy atom. The number of allylic oxidation sites excluding steroid dienone is 4. The van der Waals surface area contributed by atoms with Crippen molar-refractivity contribution < 1.29 is 33.7 Å². The molecule has 8 atom stereocenters. The molecule has 4 aliphatic rings. The molecule has 3 fully saturated rings. The maximum absolute atomic E-state index is 17.4. The van der Waals surface area contributed by atoms with Gasteiger partial charge in [-0.2, -0.15) is 0 Å². The van der Waals surface area contributed by atoms with E-state index in [-0.39, 0.29) is 12.2 Å². The molecule has 1 aromatic rings. The smallest absolute Gasteiger partial charge is 0.412 e. The van der Waals surface area contributed by atoms with Crippen molar-refractivity contribution in [3.63, 3.8) is 0 Å². The van der Waals surface area contributed by atoms with E-state index in [0.717, 1.165) is 0 Å². The first kappa shape index (κ1) is 25.8. The van der Waals surface area contributed by atoms with E-state index >= 15 is 4.39 Å². The van der Waals surface area contributed by atoms with Crippen LogP contribution < -0.4 is 5.32 Å². The molecular formula is C29H34FNO6. The summed E-state index contributed by atoms with van der Waals surface area (Å²) >= 11 is 0. The van der Waals surface area contributed by atoms with Crippen LogP contribution in [-0.4, -0.2) is 51.9 Å². The van der Waals surface area contributed by atoms with Crippen molar-refractivity contribution in [2.45, 2.75) is 63.8 Å². The predicted octanol–water partition coefficient (Wildman–Crippen LogP) is 4.15. The number of fused-ring (bicyclic) bond motifs is 5. The van der Waals surface area contributed by atoms with Gasteiger partial charge in [-0.15, -0.1) is 0 Å². The number of anilines is 1. The number of amides is 1. The summed E-state index contributed by atoms with van der Waals surface area (Å²) in [6, 6.07) is 8.66. The minimum atomic E-state index is -2.07. The van der Waals surface area contributed by atoms with Crippen LogP contribution in [0.15, 0.2) is 54.1 Å². The van der Waals surface area contributed by atoms with E-state index in [4.69, 9.17) is 4.74 Å². The molecule has 3 N–H and O–H groups in total. The molecule has 0 saturated heterocycles. The maximum Gasteiger partial charge on any atom is 0.412 e. The van der Waals surface area contributed by atoms with Crippen molar-refractivity contribution in [1.82, 2.24) is 0 Å². The molecular weight excluding hydrogens is 477 g/mol. The van der Waals surface area contributed by atoms with E-state index in [1.54, 1.807) is 57.2 Å². The first-order chi connectivity index (χ1) is 17.4. The summed E-state index contributed by atoms with van der Waals surface area (Å²) in [6.45, 7) is 4.45. The summed E-state index contributed by atoms with van der Waals surface area (Å²) in [5.74, 6) is -2.41. The minimum Gasteiger partial charge on any atom is -0.434 e. The number of Topliss-reactive ketones (excluding diaryl/α,β-unsaturated/α-hetero) is 1. The summed E-state index contributed by atoms with van der Waals surface area (Å²) < 4.78 is 23.4. The monoisotopic (exact) mass is 511 g/mol. The van der Waals surface area contributed by atoms with Gasteiger partial charge in [-0.25, -0.2) is 9.18 Å². The van der Waals surface area contributed by atoms with Crippen molar-refractivity contribution in [3.05, 3.63) is 54.1 Å². The number of ketones is 2. The number of nitrogens with one attached hydrogen (secondary N) is 1. The van der Waals surface area contributed by atoms with E-state index < -0.39 is 64.4 Å². The van der Waals surface area contributed by atoms with Crippen molar-refractivity contribution in [2.75, 3.05) is 11.9 Å². The second kappa shape index (κ2) is 8.60. The molecule has 7 nitrogen and oxygen atoms in total. The Hall–Kier alpha value is -2.84. The number of ether oxygens (including phenoxy) is 1. The third-order valence-electron chi connectivity index (χ3n) is 10.0. The Labute approximate surface area is 215 Å². The van der Waals surface area contributed by atoms with Gasteiger partial charge in [0.2, 0.25) is 5.78 Å². The Kier molecular flexibility index (Phi) is 5.99. The van der Waals surface area contributed by atoms with Crippen LogP contribution in [-0.2, 0) is 14.3 Å². The topological polar surface area (TPSA) is 113 Å². The van der Waals surface area contributed by atoms with Crippen molar-refractivity contribution in [3.8, 4) is 0 Å². The number of rotatable bonds is 4. The second-order valence-corrected chi connectivity index (χ2v) is 11.6. The van der Waals surface area contributed by atoms with Gasteiger partial charge in [0.15, 0.2) is 17.1 Å². The predicted molar refractivity (Wildman–Crippen MR) is 134 cm³/mol. The van der Waals surface area contributed by atoms with Crippen LogP contribution in [0.1, 0.15) is 46.5 Å². The number of halogens is 1. The second-order valence-electron chi connectivity index (χ2n) is 11.6. The largest absolute Gasteiger partial charge is 0.434 e. The van der Waals surface area contributed by atoms with Gasteiger partial charge in [0.1, 0.15) is 6.61 Å². The molecule has 0 aliphatic heterocycles. The van der Waals surface area contributed by atoms with Gasteiger partial charge in [-0.05, 0) is 62.8 Å². The molecule has 1 amide bonds. The lowest BCUT2D eigenvalue weighted by Gasteiger charge is -2.62. The number of aliphatic hydroxyl groups is 2. The van der Waals surface area contributed by atoms with Crippen LogP contribution >= 0.6 is 0 Å². The highest BCUT2D eigenvalue weighted by atomic mass is 19.1. The van der Waals surface area contributed by atoms with Gasteiger partial charge in [0.05, 0.1) is 6.10 Å². The number of carbonyl (C=O) groups is 3. The number of benzene rings is 1. The number of carbonyl (C=O) groups excluding carboxylic acids is 3. The molecule has 0 unspecified atom stereocenters. The van der Waals surface area contributed by atoms with E-state index in [1.807, 2.05) is 0 Å². The summed E-state index contributed by atoms with van der Waals surface area (Å²) in [4.78, 5) is 38.6. The first-order valence-corrected chi connectivity index (χ1v) is 12.9. The molecule has 3 saturated carbocycles. The maximum atomic E-state index is 17.4. The summed E-state index contributed by atoms with van der Waals surface area (Å²) in [5.41, 5.74) is -4.94. The van der Waals surface area contributed by atoms with Crippen molar-refractivity contribution >= 4 is 23.3 Å². The summed E-state index contributed by atoms with van der Waals surface area (Å²) in [7, 11) is 0. The van der Waals surface area contributed by atoms with Gasteiger partial charge in [0, 0.05) is 28.4 Å². The van der Waals surface area contributed by atoms with E-state index in [9.17, 15) is 24.6 Å². The normalized spacial score (nSPS) is 42.2. The van der Waals surface area contributed by atoms with Gasteiger partial charge in [-0.3, -0.25) is 14.9 Å². The number of hydrogen-bond acceptors (Lipinski definition) is 6. The molecule has 0 aromatic heterocycles. The molecule has 0 heterocycles. The molecule has 0 bridgehead atoms. The SMILES string of the molecule is C[C@H]1C[C@H]2[C@@H]3CCC4=CC(=O)C=C[C@]4(C)[C@@]3(F)[C@@H](O)C[C@]2(C)[C@@]1(OC(=O)Nc1ccccc1)C(=O)CO. The highest BCUT2D eigenvalue weighted by Crippen LogP contribution is 2.71. The average Bonchev–Trinajstić information content (AvgIpc) is 3.07. The highest BCUT2D eigenvalue weighted by Gasteiger charge is 2.77. The molecule has 0 spiro atoms. The third-order valence-corrected chi connectivity index (χ3v) is 10.0. The van der Waals surface area contributed by atoms with E-state index in [1.165, 1.54) is 12.2 Å². The molecule has 1 aromatic carbocycles. The zero-order valence-corrected chi connectivity index (χ0v) is 21.4. The van der Waals surface area contributed by atoms with Crippen LogP contribution in [0.5, 0.6) is 0 Å². The third kappa shape index (κ3) is 3.34. The van der Waals surface area contributed by atoms with E-state index in [2.05, 4.69) is 5.32 Å². The molecule has 37 heavy (non-hydrogen) atoms. The van der Waals surface area contributed by atoms with Crippen LogP contribution in [0.25, 0.3) is 0 Å². The van der Waals surface area contributed by atoms with Crippen molar-refractivity contribution in [1.29, 1.82) is 0 Å². The lowest BCUT2D eigenvalue weighted by molar-refractivity contribution is -0.218. The van der Waals surface area contributed by atoms with Crippen molar-refractivity contribution in [2.24, 2.45) is 28.6 Å². The van der Waals surface area contributed by atoms with Crippen LogP contribution in [0, 0.1) is 28.6 Å². The lowest BCUT2D eigenvalue weighted by atomic mass is 9.44. The number of para-hydroxylation sites is 1.